The van der Waals surface area contributed by atoms with Crippen molar-refractivity contribution in [2.24, 2.45) is 0 Å². The molecular weight excluding hydrogens is 412 g/mol. The fraction of sp³-hybridized carbons (Fsp3) is 0.0870. The lowest BCUT2D eigenvalue weighted by Gasteiger charge is -2.12. The van der Waals surface area contributed by atoms with Crippen LogP contribution in [0.3, 0.4) is 0 Å². The molecule has 0 saturated heterocycles. The zero-order valence-corrected chi connectivity index (χ0v) is 17.7. The minimum Gasteiger partial charge on any atom is -0.298 e. The summed E-state index contributed by atoms with van der Waals surface area (Å²) in [6.45, 7) is 4.07. The molecule has 31 heavy (non-hydrogen) atoms. The zero-order chi connectivity index (χ0) is 22.0. The Labute approximate surface area is 182 Å². The Hall–Kier alpha value is -3.78. The molecule has 0 unspecified atom stereocenters. The second-order valence-electron chi connectivity index (χ2n) is 6.98. The smallest absolute Gasteiger partial charge is 0.284 e. The molecule has 1 aromatic heterocycles. The van der Waals surface area contributed by atoms with Gasteiger partial charge in [0.05, 0.1) is 15.5 Å². The van der Waals surface area contributed by atoms with Crippen molar-refractivity contribution < 1.29 is 9.72 Å². The van der Waals surface area contributed by atoms with E-state index >= 15 is 0 Å². The third kappa shape index (κ3) is 4.10. The number of carbonyl (C=O) groups excluding carboxylic acids is 1. The lowest BCUT2D eigenvalue weighted by molar-refractivity contribution is -0.387. The van der Waals surface area contributed by atoms with Crippen LogP contribution in [0.25, 0.3) is 17.1 Å². The molecule has 0 radical (unpaired) electrons. The number of hydrogen-bond acceptors (Lipinski definition) is 6. The number of carbonyl (C=O) groups is 1. The number of nitrogens with zero attached hydrogens (tertiary/aromatic N) is 4. The van der Waals surface area contributed by atoms with E-state index in [0.717, 1.165) is 34.1 Å². The molecule has 4 rings (SSSR count). The van der Waals surface area contributed by atoms with Gasteiger partial charge in [-0.1, -0.05) is 42.5 Å². The summed E-state index contributed by atoms with van der Waals surface area (Å²) < 4.78 is 1.89. The van der Waals surface area contributed by atoms with Gasteiger partial charge >= 0.3 is 0 Å². The van der Waals surface area contributed by atoms with Crippen molar-refractivity contribution in [1.82, 2.24) is 14.8 Å². The summed E-state index contributed by atoms with van der Waals surface area (Å²) in [6, 6.07) is 20.1. The van der Waals surface area contributed by atoms with Crippen LogP contribution in [0, 0.1) is 24.0 Å². The normalized spacial score (nSPS) is 10.8. The van der Waals surface area contributed by atoms with E-state index in [9.17, 15) is 14.9 Å². The van der Waals surface area contributed by atoms with Gasteiger partial charge in [-0.15, -0.1) is 10.2 Å². The van der Waals surface area contributed by atoms with Crippen LogP contribution in [0.4, 0.5) is 5.69 Å². The van der Waals surface area contributed by atoms with E-state index in [1.54, 1.807) is 12.1 Å². The Morgan fingerprint density at radius 2 is 1.74 bits per heavy atom. The van der Waals surface area contributed by atoms with Gasteiger partial charge in [0, 0.05) is 17.2 Å². The first kappa shape index (κ1) is 20.5. The third-order valence-corrected chi connectivity index (χ3v) is 5.94. The van der Waals surface area contributed by atoms with E-state index in [4.69, 9.17) is 0 Å². The van der Waals surface area contributed by atoms with Gasteiger partial charge in [0.1, 0.15) is 6.29 Å². The topological polar surface area (TPSA) is 90.9 Å². The highest BCUT2D eigenvalue weighted by Crippen LogP contribution is 2.37. The average molecular weight is 430 g/mol. The molecule has 0 aliphatic carbocycles. The second-order valence-corrected chi connectivity index (χ2v) is 7.99. The van der Waals surface area contributed by atoms with E-state index in [2.05, 4.69) is 10.2 Å². The van der Waals surface area contributed by atoms with Crippen LogP contribution < -0.4 is 0 Å². The van der Waals surface area contributed by atoms with Crippen molar-refractivity contribution in [1.29, 1.82) is 0 Å². The Morgan fingerprint density at radius 1 is 0.968 bits per heavy atom. The Balaban J connectivity index is 1.88. The number of nitro groups is 1. The number of hydrogen-bond donors (Lipinski definition) is 0. The molecule has 0 aliphatic rings. The van der Waals surface area contributed by atoms with Gasteiger partial charge in [-0.05, 0) is 54.9 Å². The average Bonchev–Trinajstić information content (AvgIpc) is 3.20. The molecule has 7 nitrogen and oxygen atoms in total. The Bertz CT molecular complexity index is 1290. The number of rotatable bonds is 6. The molecular formula is C23H18N4O3S. The van der Waals surface area contributed by atoms with E-state index in [0.29, 0.717) is 22.2 Å². The van der Waals surface area contributed by atoms with Gasteiger partial charge in [-0.25, -0.2) is 0 Å². The summed E-state index contributed by atoms with van der Waals surface area (Å²) in [4.78, 5) is 22.5. The molecule has 0 bridgehead atoms. The number of aldehydes is 1. The summed E-state index contributed by atoms with van der Waals surface area (Å²) in [7, 11) is 0. The van der Waals surface area contributed by atoms with Crippen LogP contribution in [0.1, 0.15) is 21.5 Å². The summed E-state index contributed by atoms with van der Waals surface area (Å²) in [5.41, 5.74) is 4.12. The largest absolute Gasteiger partial charge is 0.298 e. The zero-order valence-electron chi connectivity index (χ0n) is 16.9. The molecule has 0 saturated carbocycles. The molecule has 3 aromatic carbocycles. The highest BCUT2D eigenvalue weighted by Gasteiger charge is 2.22. The molecule has 154 valence electrons. The van der Waals surface area contributed by atoms with Crippen LogP contribution >= 0.6 is 11.8 Å². The van der Waals surface area contributed by atoms with E-state index in [-0.39, 0.29) is 11.3 Å². The first-order valence-electron chi connectivity index (χ1n) is 9.48. The monoisotopic (exact) mass is 430 g/mol. The van der Waals surface area contributed by atoms with Crippen molar-refractivity contribution in [2.75, 3.05) is 0 Å². The van der Waals surface area contributed by atoms with Gasteiger partial charge in [0.2, 0.25) is 5.16 Å². The van der Waals surface area contributed by atoms with E-state index in [1.165, 1.54) is 6.07 Å². The van der Waals surface area contributed by atoms with Gasteiger partial charge in [0.25, 0.3) is 5.69 Å². The van der Waals surface area contributed by atoms with Gasteiger partial charge in [-0.3, -0.25) is 19.5 Å². The maximum absolute atomic E-state index is 11.6. The summed E-state index contributed by atoms with van der Waals surface area (Å²) in [5.74, 6) is 0.638. The third-order valence-electron chi connectivity index (χ3n) is 4.93. The summed E-state index contributed by atoms with van der Waals surface area (Å²) in [5, 5.41) is 20.8. The highest BCUT2D eigenvalue weighted by molar-refractivity contribution is 7.99. The summed E-state index contributed by atoms with van der Waals surface area (Å²) >= 11 is 1.14. The van der Waals surface area contributed by atoms with Gasteiger partial charge in [0.15, 0.2) is 5.82 Å². The molecule has 0 fully saturated rings. The first-order chi connectivity index (χ1) is 15.0. The van der Waals surface area contributed by atoms with Crippen molar-refractivity contribution in [3.05, 3.63) is 93.5 Å². The number of aromatic nitrogens is 3. The van der Waals surface area contributed by atoms with E-state index in [1.807, 2.05) is 66.9 Å². The fourth-order valence-electron chi connectivity index (χ4n) is 3.14. The maximum atomic E-state index is 11.6. The highest BCUT2D eigenvalue weighted by atomic mass is 32.2. The molecule has 4 aromatic rings. The van der Waals surface area contributed by atoms with E-state index < -0.39 is 4.92 Å². The standard InChI is InChI=1S/C23H18N4O3S/c1-15-8-10-19(12-16(15)2)26-22(18-6-4-3-5-7-18)24-25-23(26)31-21-11-9-17(14-28)13-20(21)27(29)30/h3-14H,1-2H3. The van der Waals surface area contributed by atoms with Gasteiger partial charge in [-0.2, -0.15) is 0 Å². The molecule has 0 amide bonds. The van der Waals surface area contributed by atoms with Crippen LogP contribution in [0.15, 0.2) is 76.8 Å². The number of benzene rings is 3. The minimum atomic E-state index is -0.496. The van der Waals surface area contributed by atoms with Crippen LogP contribution in [0.2, 0.25) is 0 Å². The molecule has 1 heterocycles. The first-order valence-corrected chi connectivity index (χ1v) is 10.3. The molecule has 0 atom stereocenters. The van der Waals surface area contributed by atoms with Crippen LogP contribution in [-0.2, 0) is 0 Å². The molecule has 0 N–H and O–H groups in total. The quantitative estimate of drug-likeness (QED) is 0.230. The van der Waals surface area contributed by atoms with Crippen molar-refractivity contribution in [3.63, 3.8) is 0 Å². The lowest BCUT2D eigenvalue weighted by atomic mass is 10.1. The predicted octanol–water partition coefficient (Wildman–Crippen LogP) is 5.42. The number of nitro benzene ring substituents is 1. The minimum absolute atomic E-state index is 0.148. The van der Waals surface area contributed by atoms with Crippen molar-refractivity contribution >= 4 is 23.7 Å². The summed E-state index contributed by atoms with van der Waals surface area (Å²) in [6.07, 6.45) is 0.590. The molecule has 8 heteroatoms. The van der Waals surface area contributed by atoms with Crippen LogP contribution in [-0.4, -0.2) is 26.0 Å². The fourth-order valence-corrected chi connectivity index (χ4v) is 4.08. The molecule has 0 spiro atoms. The van der Waals surface area contributed by atoms with Gasteiger partial charge < -0.3 is 0 Å². The van der Waals surface area contributed by atoms with Crippen molar-refractivity contribution in [2.45, 2.75) is 23.9 Å². The Kier molecular flexibility index (Phi) is 5.64. The van der Waals surface area contributed by atoms with Crippen molar-refractivity contribution in [3.8, 4) is 17.1 Å². The number of aryl methyl sites for hydroxylation is 2. The Morgan fingerprint density at radius 3 is 2.42 bits per heavy atom. The maximum Gasteiger partial charge on any atom is 0.284 e. The predicted molar refractivity (Wildman–Crippen MR) is 119 cm³/mol. The molecule has 0 aliphatic heterocycles. The second kappa shape index (κ2) is 8.53. The SMILES string of the molecule is Cc1ccc(-n2c(Sc3ccc(C=O)cc3[N+](=O)[O-])nnc2-c2ccccc2)cc1C. The lowest BCUT2D eigenvalue weighted by Crippen LogP contribution is -2.01. The van der Waals surface area contributed by atoms with Crippen LogP contribution in [0.5, 0.6) is 0 Å².